The normalized spacial score (nSPS) is 12.9. The van der Waals surface area contributed by atoms with Gasteiger partial charge >= 0.3 is 0 Å². The van der Waals surface area contributed by atoms with Gasteiger partial charge in [0.15, 0.2) is 23.0 Å². The Balaban J connectivity index is 1.56. The van der Waals surface area contributed by atoms with Crippen LogP contribution in [0.25, 0.3) is 12.2 Å². The zero-order valence-electron chi connectivity index (χ0n) is 24.0. The van der Waals surface area contributed by atoms with E-state index in [0.717, 1.165) is 22.3 Å². The van der Waals surface area contributed by atoms with Crippen molar-refractivity contribution in [3.8, 4) is 23.0 Å². The highest BCUT2D eigenvalue weighted by molar-refractivity contribution is 5.56. The Morgan fingerprint density at radius 1 is 0.600 bits per heavy atom. The summed E-state index contributed by atoms with van der Waals surface area (Å²) in [5, 5.41) is 21.4. The van der Waals surface area contributed by atoms with E-state index < -0.39 is 12.2 Å². The van der Waals surface area contributed by atoms with Gasteiger partial charge < -0.3 is 29.2 Å². The van der Waals surface area contributed by atoms with Crippen LogP contribution in [0.1, 0.15) is 49.9 Å². The van der Waals surface area contributed by atoms with E-state index in [4.69, 9.17) is 18.9 Å². The molecule has 6 nitrogen and oxygen atoms in total. The Bertz CT molecular complexity index is 1160. The van der Waals surface area contributed by atoms with Crippen LogP contribution >= 0.6 is 0 Å². The highest BCUT2D eigenvalue weighted by atomic mass is 16.5. The number of aliphatic hydroxyl groups excluding tert-OH is 2. The number of hydrogen-bond donors (Lipinski definition) is 2. The zero-order valence-corrected chi connectivity index (χ0v) is 24.0. The lowest BCUT2D eigenvalue weighted by atomic mass is 10.0. The van der Waals surface area contributed by atoms with Gasteiger partial charge in [-0.25, -0.2) is 0 Å². The first-order valence-corrected chi connectivity index (χ1v) is 13.9. The van der Waals surface area contributed by atoms with E-state index in [1.807, 2.05) is 113 Å². The van der Waals surface area contributed by atoms with E-state index in [2.05, 4.69) is 0 Å². The van der Waals surface area contributed by atoms with Crippen molar-refractivity contribution < 1.29 is 29.2 Å². The average molecular weight is 547 g/mol. The van der Waals surface area contributed by atoms with Crippen molar-refractivity contribution in [3.63, 3.8) is 0 Å². The first-order chi connectivity index (χ1) is 19.4. The smallest absolute Gasteiger partial charge is 0.161 e. The summed E-state index contributed by atoms with van der Waals surface area (Å²) < 4.78 is 23.3. The monoisotopic (exact) mass is 546 g/mol. The Morgan fingerprint density at radius 3 is 1.45 bits per heavy atom. The van der Waals surface area contributed by atoms with Crippen LogP contribution in [0, 0.1) is 0 Å². The molecule has 2 N–H and O–H groups in total. The van der Waals surface area contributed by atoms with Crippen LogP contribution in [0.3, 0.4) is 0 Å². The highest BCUT2D eigenvalue weighted by Gasteiger charge is 2.14. The fourth-order valence-electron chi connectivity index (χ4n) is 4.33. The van der Waals surface area contributed by atoms with Crippen LogP contribution < -0.4 is 18.9 Å². The van der Waals surface area contributed by atoms with Crippen LogP contribution in [0.15, 0.2) is 72.8 Å². The molecule has 0 aliphatic rings. The SMILES string of the molecule is CC=Cc1ccc(OCC)c(OCC(O)Cc2cccc(CC(O)COc3cc(C=CC)ccc3OCC)c2)c1. The van der Waals surface area contributed by atoms with E-state index in [-0.39, 0.29) is 13.2 Å². The minimum Gasteiger partial charge on any atom is -0.490 e. The van der Waals surface area contributed by atoms with Crippen molar-refractivity contribution in [1.29, 1.82) is 0 Å². The number of ether oxygens (including phenoxy) is 4. The van der Waals surface area contributed by atoms with Crippen LogP contribution in [0.5, 0.6) is 23.0 Å². The molecule has 2 atom stereocenters. The van der Waals surface area contributed by atoms with Gasteiger partial charge in [-0.1, -0.05) is 60.7 Å². The largest absolute Gasteiger partial charge is 0.490 e. The second-order valence-electron chi connectivity index (χ2n) is 9.44. The molecule has 0 radical (unpaired) electrons. The molecule has 0 bridgehead atoms. The predicted molar refractivity (Wildman–Crippen MR) is 161 cm³/mol. The summed E-state index contributed by atoms with van der Waals surface area (Å²) in [6.07, 6.45) is 7.35. The maximum absolute atomic E-state index is 10.7. The Hall–Kier alpha value is -3.74. The molecule has 0 fully saturated rings. The summed E-state index contributed by atoms with van der Waals surface area (Å²) in [6.45, 7) is 9.10. The van der Waals surface area contributed by atoms with Gasteiger partial charge in [-0.2, -0.15) is 0 Å². The molecule has 214 valence electrons. The predicted octanol–water partition coefficient (Wildman–Crippen LogP) is 6.52. The van der Waals surface area contributed by atoms with Gasteiger partial charge in [-0.05, 0) is 74.2 Å². The van der Waals surface area contributed by atoms with E-state index in [9.17, 15) is 10.2 Å². The van der Waals surface area contributed by atoms with Gasteiger partial charge in [0.25, 0.3) is 0 Å². The van der Waals surface area contributed by atoms with Gasteiger partial charge in [0.05, 0.1) is 25.4 Å². The fourth-order valence-corrected chi connectivity index (χ4v) is 4.33. The molecule has 0 saturated carbocycles. The molecule has 3 aromatic carbocycles. The fraction of sp³-hybridized carbons (Fsp3) is 0.353. The summed E-state index contributed by atoms with van der Waals surface area (Å²) >= 11 is 0. The third-order valence-corrected chi connectivity index (χ3v) is 6.05. The molecule has 0 amide bonds. The molecule has 3 rings (SSSR count). The summed E-state index contributed by atoms with van der Waals surface area (Å²) in [5.74, 6) is 2.53. The van der Waals surface area contributed by atoms with Crippen LogP contribution in [0.2, 0.25) is 0 Å². The number of hydrogen-bond acceptors (Lipinski definition) is 6. The van der Waals surface area contributed by atoms with Crippen molar-refractivity contribution in [2.75, 3.05) is 26.4 Å². The lowest BCUT2D eigenvalue weighted by molar-refractivity contribution is 0.104. The molecular weight excluding hydrogens is 504 g/mol. The summed E-state index contributed by atoms with van der Waals surface area (Å²) in [6, 6.07) is 19.4. The van der Waals surface area contributed by atoms with Gasteiger partial charge in [0.1, 0.15) is 13.2 Å². The third-order valence-electron chi connectivity index (χ3n) is 6.05. The van der Waals surface area contributed by atoms with Gasteiger partial charge in [0, 0.05) is 12.8 Å². The standard InChI is InChI=1S/C34H42O6/c1-5-10-25-14-16-31(37-7-3)33(21-25)39-23-29(35)19-27-12-9-13-28(18-27)20-30(36)24-40-34-22-26(11-6-2)15-17-32(34)38-8-4/h5-6,9-18,21-22,29-30,35-36H,7-8,19-20,23-24H2,1-4H3. The summed E-state index contributed by atoms with van der Waals surface area (Å²) in [4.78, 5) is 0. The Labute approximate surface area is 238 Å². The van der Waals surface area contributed by atoms with Gasteiger partial charge in [-0.15, -0.1) is 0 Å². The molecular formula is C34H42O6. The molecule has 0 aliphatic carbocycles. The molecule has 2 unspecified atom stereocenters. The minimum atomic E-state index is -0.704. The van der Waals surface area contributed by atoms with Gasteiger partial charge in [0.2, 0.25) is 0 Å². The summed E-state index contributed by atoms with van der Waals surface area (Å²) in [7, 11) is 0. The van der Waals surface area contributed by atoms with Crippen molar-refractivity contribution >= 4 is 12.2 Å². The topological polar surface area (TPSA) is 77.4 Å². The molecule has 0 heterocycles. The van der Waals surface area contributed by atoms with Crippen molar-refractivity contribution in [2.45, 2.75) is 52.7 Å². The van der Waals surface area contributed by atoms with Crippen LogP contribution in [-0.4, -0.2) is 48.8 Å². The summed E-state index contributed by atoms with van der Waals surface area (Å²) in [5.41, 5.74) is 3.94. The first kappa shape index (κ1) is 30.8. The number of benzene rings is 3. The second-order valence-corrected chi connectivity index (χ2v) is 9.44. The Kier molecular flexibility index (Phi) is 12.6. The molecule has 3 aromatic rings. The maximum atomic E-state index is 10.7. The van der Waals surface area contributed by atoms with Crippen LogP contribution in [-0.2, 0) is 12.8 Å². The lowest BCUT2D eigenvalue weighted by Gasteiger charge is -2.17. The lowest BCUT2D eigenvalue weighted by Crippen LogP contribution is -2.22. The van der Waals surface area contributed by atoms with E-state index in [1.54, 1.807) is 0 Å². The number of rotatable bonds is 16. The molecule has 0 aliphatic heterocycles. The number of allylic oxidation sites excluding steroid dienone is 2. The number of aliphatic hydroxyl groups is 2. The minimum absolute atomic E-state index is 0.133. The van der Waals surface area contributed by atoms with E-state index in [0.29, 0.717) is 49.1 Å². The third kappa shape index (κ3) is 9.78. The van der Waals surface area contributed by atoms with Crippen molar-refractivity contribution in [1.82, 2.24) is 0 Å². The first-order valence-electron chi connectivity index (χ1n) is 13.9. The zero-order chi connectivity index (χ0) is 28.7. The second kappa shape index (κ2) is 16.4. The molecule has 40 heavy (non-hydrogen) atoms. The van der Waals surface area contributed by atoms with Crippen molar-refractivity contribution in [3.05, 3.63) is 95.1 Å². The quantitative estimate of drug-likeness (QED) is 0.213. The van der Waals surface area contributed by atoms with E-state index in [1.165, 1.54) is 0 Å². The van der Waals surface area contributed by atoms with E-state index >= 15 is 0 Å². The average Bonchev–Trinajstić information content (AvgIpc) is 2.94. The molecule has 0 aromatic heterocycles. The van der Waals surface area contributed by atoms with Gasteiger partial charge in [-0.3, -0.25) is 0 Å². The highest BCUT2D eigenvalue weighted by Crippen LogP contribution is 2.30. The Morgan fingerprint density at radius 2 is 1.05 bits per heavy atom. The molecule has 0 spiro atoms. The maximum Gasteiger partial charge on any atom is 0.161 e. The molecule has 0 saturated heterocycles. The van der Waals surface area contributed by atoms with Crippen molar-refractivity contribution in [2.24, 2.45) is 0 Å². The van der Waals surface area contributed by atoms with Crippen LogP contribution in [0.4, 0.5) is 0 Å². The molecule has 6 heteroatoms.